The molecule has 62 heavy (non-hydrogen) atoms. The van der Waals surface area contributed by atoms with Crippen molar-refractivity contribution >= 4 is 24.3 Å². The Kier molecular flexibility index (Phi) is 49.3. The highest BCUT2D eigenvalue weighted by molar-refractivity contribution is 5.73. The van der Waals surface area contributed by atoms with Gasteiger partial charge in [-0.3, -0.25) is 19.2 Å². The molecule has 1 rings (SSSR count). The third-order valence-corrected chi connectivity index (χ3v) is 12.6. The molecule has 0 radical (unpaired) electrons. The van der Waals surface area contributed by atoms with E-state index < -0.39 is 5.43 Å². The van der Waals surface area contributed by atoms with Crippen LogP contribution in [0.3, 0.4) is 0 Å². The third-order valence-electron chi connectivity index (χ3n) is 12.6. The molecule has 366 valence electrons. The molecule has 0 aliphatic rings. The second kappa shape index (κ2) is 49.6. The molecule has 0 fully saturated rings. The van der Waals surface area contributed by atoms with Crippen LogP contribution in [0.1, 0.15) is 259 Å². The fourth-order valence-corrected chi connectivity index (χ4v) is 8.49. The van der Waals surface area contributed by atoms with E-state index in [1.165, 1.54) is 219 Å². The summed E-state index contributed by atoms with van der Waals surface area (Å²) in [5.41, 5.74) is 0.141. The quantitative estimate of drug-likeness (QED) is 0.0334. The van der Waals surface area contributed by atoms with Gasteiger partial charge in [0.15, 0.2) is 0 Å². The summed E-state index contributed by atoms with van der Waals surface area (Å²) in [6.45, 7) is 16.0. The number of rotatable bonds is 45. The van der Waals surface area contributed by atoms with Crippen molar-refractivity contribution in [2.45, 2.75) is 265 Å². The summed E-state index contributed by atoms with van der Waals surface area (Å²) in [6.07, 6.45) is 46.5. The number of nitrogens with one attached hydrogen (secondary N) is 2. The molecule has 0 aromatic heterocycles. The van der Waals surface area contributed by atoms with Crippen LogP contribution in [0, 0.1) is 5.92 Å². The minimum atomic E-state index is -0.396. The van der Waals surface area contributed by atoms with Crippen LogP contribution < -0.4 is 21.5 Å². The normalized spacial score (nSPS) is 11.5. The van der Waals surface area contributed by atoms with Gasteiger partial charge in [-0.2, -0.15) is 0 Å². The third kappa shape index (κ3) is 38.1. The Bertz CT molecular complexity index is 1120. The lowest BCUT2D eigenvalue weighted by molar-refractivity contribution is -0.134. The van der Waals surface area contributed by atoms with Gasteiger partial charge >= 0.3 is 0 Å². The van der Waals surface area contributed by atoms with Crippen LogP contribution >= 0.6 is 0 Å². The first-order valence-electron chi connectivity index (χ1n) is 26.5. The molecule has 9 nitrogen and oxygen atoms in total. The molecule has 0 bridgehead atoms. The van der Waals surface area contributed by atoms with Gasteiger partial charge in [-0.15, -0.1) is 0 Å². The van der Waals surface area contributed by atoms with Crippen molar-refractivity contribution in [2.24, 2.45) is 5.92 Å². The van der Waals surface area contributed by atoms with Crippen LogP contribution in [0.25, 0.3) is 0 Å². The van der Waals surface area contributed by atoms with E-state index in [1.54, 1.807) is 7.05 Å². The highest BCUT2D eigenvalue weighted by Gasteiger charge is 2.19. The van der Waals surface area contributed by atoms with Crippen LogP contribution in [-0.2, 0) is 14.3 Å². The van der Waals surface area contributed by atoms with Crippen molar-refractivity contribution in [1.82, 2.24) is 4.90 Å². The van der Waals surface area contributed by atoms with E-state index in [0.717, 1.165) is 38.3 Å². The summed E-state index contributed by atoms with van der Waals surface area (Å²) in [5.74, 6) is 0.959. The predicted molar refractivity (Wildman–Crippen MR) is 269 cm³/mol. The summed E-state index contributed by atoms with van der Waals surface area (Å²) in [5, 5.41) is 12.9. The van der Waals surface area contributed by atoms with Crippen molar-refractivity contribution in [3.63, 3.8) is 0 Å². The fraction of sp³-hybridized carbons (Fsp3) is 0.887. The van der Waals surface area contributed by atoms with Crippen molar-refractivity contribution in [2.75, 3.05) is 43.9 Å². The van der Waals surface area contributed by atoms with Gasteiger partial charge in [0, 0.05) is 13.6 Å². The predicted octanol–water partition coefficient (Wildman–Crippen LogP) is 14.6. The molecule has 1 aromatic rings. The molecule has 0 saturated carbocycles. The molecule has 0 aliphatic heterocycles. The highest BCUT2D eigenvalue weighted by atomic mass is 16.5. The first kappa shape index (κ1) is 61.7. The number of nitrogens with zero attached hydrogens (tertiary/aromatic N) is 1. The summed E-state index contributed by atoms with van der Waals surface area (Å²) < 4.78 is 5.22. The first-order chi connectivity index (χ1) is 30.3. The number of anilines is 2. The van der Waals surface area contributed by atoms with E-state index in [9.17, 15) is 14.4 Å². The number of carbonyl (C=O) groups is 2. The van der Waals surface area contributed by atoms with Crippen molar-refractivity contribution in [3.05, 3.63) is 20.4 Å². The molecular weight excluding hydrogens is 775 g/mol. The van der Waals surface area contributed by atoms with E-state index in [1.807, 2.05) is 0 Å². The lowest BCUT2D eigenvalue weighted by atomic mass is 9.92. The minimum Gasteiger partial charge on any atom is -0.483 e. The number of ether oxygens (including phenoxy) is 1. The number of unbranched alkanes of at least 4 members (excludes halogenated alkanes) is 24. The Hall–Kier alpha value is -2.42. The number of carbonyl (C=O) groups excluding carboxylic acids is 1. The van der Waals surface area contributed by atoms with Gasteiger partial charge in [-0.1, -0.05) is 214 Å². The molecule has 3 N–H and O–H groups in total. The van der Waals surface area contributed by atoms with Crippen molar-refractivity contribution < 1.29 is 19.4 Å². The topological polar surface area (TPSA) is 125 Å². The van der Waals surface area contributed by atoms with E-state index in [-0.39, 0.29) is 18.0 Å². The molecular formula is C53H103N3O6. The SMILES string of the molecule is CCCCCCCCC(CCCCCCCC)OC=O.CCCCCCCCN(CCCCCCCCC(CC)CCCCCCC)CCCNc1c(NC)c(=O)c1=O.O=CO. The number of hydrogen-bond donors (Lipinski definition) is 3. The van der Waals surface area contributed by atoms with Crippen LogP contribution in [0.4, 0.5) is 11.4 Å². The Morgan fingerprint density at radius 3 is 1.21 bits per heavy atom. The van der Waals surface area contributed by atoms with Crippen LogP contribution in [0.15, 0.2) is 9.59 Å². The maximum atomic E-state index is 11.8. The second-order valence-corrected chi connectivity index (χ2v) is 18.0. The van der Waals surface area contributed by atoms with Crippen LogP contribution in [-0.4, -0.2) is 62.3 Å². The van der Waals surface area contributed by atoms with Crippen molar-refractivity contribution in [3.8, 4) is 0 Å². The summed E-state index contributed by atoms with van der Waals surface area (Å²) in [6, 6.07) is 0. The molecule has 0 aliphatic carbocycles. The smallest absolute Gasteiger partial charge is 0.293 e. The Balaban J connectivity index is 0. The first-order valence-corrected chi connectivity index (χ1v) is 26.5. The molecule has 0 saturated heterocycles. The summed E-state index contributed by atoms with van der Waals surface area (Å²) >= 11 is 0. The maximum absolute atomic E-state index is 11.8. The van der Waals surface area contributed by atoms with Gasteiger partial charge in [0.2, 0.25) is 0 Å². The van der Waals surface area contributed by atoms with Crippen molar-refractivity contribution in [1.29, 1.82) is 0 Å². The molecule has 9 heteroatoms. The van der Waals surface area contributed by atoms with E-state index in [2.05, 4.69) is 50.2 Å². The van der Waals surface area contributed by atoms with E-state index in [0.29, 0.717) is 17.8 Å². The molecule has 0 heterocycles. The van der Waals surface area contributed by atoms with Gasteiger partial charge in [0.05, 0.1) is 0 Å². The number of hydrogen-bond acceptors (Lipinski definition) is 8. The second-order valence-electron chi connectivity index (χ2n) is 18.0. The summed E-state index contributed by atoms with van der Waals surface area (Å²) in [7, 11) is 1.70. The largest absolute Gasteiger partial charge is 0.483 e. The van der Waals surface area contributed by atoms with Gasteiger partial charge in [0.25, 0.3) is 23.8 Å². The fourth-order valence-electron chi connectivity index (χ4n) is 8.49. The zero-order chi connectivity index (χ0) is 46.2. The Labute approximate surface area is 383 Å². The number of carboxylic acid groups (broad SMARTS) is 1. The van der Waals surface area contributed by atoms with Gasteiger partial charge in [-0.05, 0) is 70.5 Å². The van der Waals surface area contributed by atoms with Gasteiger partial charge in [-0.25, -0.2) is 0 Å². The lowest BCUT2D eigenvalue weighted by Crippen LogP contribution is -2.37. The van der Waals surface area contributed by atoms with E-state index in [4.69, 9.17) is 14.6 Å². The Morgan fingerprint density at radius 1 is 0.500 bits per heavy atom. The zero-order valence-corrected chi connectivity index (χ0v) is 41.8. The standard InChI is InChI=1S/C34H65N3O2.C18H36O2.CH2O2/c1-5-8-10-12-17-21-27-37(29-23-26-36-32-31(35-4)33(38)34(32)39)28-22-18-14-13-16-20-25-30(7-3)24-19-15-11-9-6-2;1-3-5-7-9-11-13-15-18(20-17-19)16-14-12-10-8-6-4-2;2-1-3/h30,35-36H,5-29H2,1-4H3;17-18H,3-16H2,1-2H3;1H,(H,2,3). The molecule has 0 amide bonds. The van der Waals surface area contributed by atoms with Gasteiger partial charge < -0.3 is 25.4 Å². The lowest BCUT2D eigenvalue weighted by Gasteiger charge is -2.23. The molecule has 1 atom stereocenters. The molecule has 1 unspecified atom stereocenters. The minimum absolute atomic E-state index is 0.171. The average Bonchev–Trinajstić information content (AvgIpc) is 3.28. The zero-order valence-electron chi connectivity index (χ0n) is 41.8. The monoisotopic (exact) mass is 878 g/mol. The highest BCUT2D eigenvalue weighted by Crippen LogP contribution is 2.22. The Morgan fingerprint density at radius 2 is 0.839 bits per heavy atom. The maximum Gasteiger partial charge on any atom is 0.293 e. The average molecular weight is 878 g/mol. The van der Waals surface area contributed by atoms with Crippen LogP contribution in [0.2, 0.25) is 0 Å². The molecule has 0 spiro atoms. The summed E-state index contributed by atoms with van der Waals surface area (Å²) in [4.78, 5) is 44.9. The van der Waals surface area contributed by atoms with Gasteiger partial charge in [0.1, 0.15) is 17.5 Å². The molecule has 1 aromatic carbocycles. The van der Waals surface area contributed by atoms with E-state index >= 15 is 0 Å². The van der Waals surface area contributed by atoms with Crippen LogP contribution in [0.5, 0.6) is 0 Å².